The van der Waals surface area contributed by atoms with E-state index >= 15 is 0 Å². The number of hydrogen-bond acceptors (Lipinski definition) is 9. The van der Waals surface area contributed by atoms with Crippen molar-refractivity contribution in [2.75, 3.05) is 26.1 Å². The quantitative estimate of drug-likeness (QED) is 0.186. The van der Waals surface area contributed by atoms with Crippen LogP contribution < -0.4 is 14.8 Å². The fourth-order valence-electron chi connectivity index (χ4n) is 3.55. The van der Waals surface area contributed by atoms with Gasteiger partial charge in [0.15, 0.2) is 18.1 Å². The zero-order valence-electron chi connectivity index (χ0n) is 21.1. The van der Waals surface area contributed by atoms with E-state index in [1.54, 1.807) is 18.2 Å². The smallest absolute Gasteiger partial charge is 0.373 e. The molecule has 0 radical (unpaired) electrons. The number of furan rings is 1. The lowest BCUT2D eigenvalue weighted by molar-refractivity contribution is -0.123. The number of imide groups is 1. The molecule has 3 aromatic rings. The van der Waals surface area contributed by atoms with Crippen LogP contribution >= 0.6 is 34.4 Å². The molecule has 0 spiro atoms. The second kappa shape index (κ2) is 12.4. The predicted octanol–water partition coefficient (Wildman–Crippen LogP) is 5.24. The maximum Gasteiger partial charge on any atom is 0.373 e. The van der Waals surface area contributed by atoms with Crippen LogP contribution in [0.15, 0.2) is 57.9 Å². The fraction of sp³-hybridized carbons (Fsp3) is 0.185. The van der Waals surface area contributed by atoms with E-state index in [1.165, 1.54) is 26.4 Å². The summed E-state index contributed by atoms with van der Waals surface area (Å²) in [5, 5.41) is 2.30. The number of rotatable bonds is 9. The Morgan fingerprint density at radius 2 is 1.85 bits per heavy atom. The minimum atomic E-state index is -0.654. The Labute approximate surface area is 241 Å². The third-order valence-electron chi connectivity index (χ3n) is 5.47. The lowest BCUT2D eigenvalue weighted by Gasteiger charge is -2.14. The fourth-order valence-corrected chi connectivity index (χ4v) is 5.17. The van der Waals surface area contributed by atoms with E-state index in [9.17, 15) is 19.2 Å². The lowest BCUT2D eigenvalue weighted by Crippen LogP contribution is -2.27. The van der Waals surface area contributed by atoms with E-state index in [2.05, 4.69) is 10.1 Å². The standard InChI is InChI=1S/C27H23IN2O8S/c1-15-4-6-17(7-5-15)29-23(31)14-37-24-19(28)10-16(11-21(24)35-2)12-22-25(32)30(27(34)39-22)13-18-8-9-20(38-18)26(33)36-3/h4-12H,13-14H2,1-3H3,(H,29,31)/b22-12+. The summed E-state index contributed by atoms with van der Waals surface area (Å²) in [7, 11) is 2.69. The second-order valence-electron chi connectivity index (χ2n) is 8.26. The first-order valence-corrected chi connectivity index (χ1v) is 13.4. The van der Waals surface area contributed by atoms with Crippen LogP contribution in [0.2, 0.25) is 0 Å². The van der Waals surface area contributed by atoms with E-state index in [1.807, 2.05) is 53.8 Å². The van der Waals surface area contributed by atoms with E-state index in [4.69, 9.17) is 13.9 Å². The molecule has 39 heavy (non-hydrogen) atoms. The van der Waals surface area contributed by atoms with E-state index < -0.39 is 17.1 Å². The number of amides is 3. The van der Waals surface area contributed by atoms with Crippen molar-refractivity contribution in [3.05, 3.63) is 79.7 Å². The number of aryl methyl sites for hydroxylation is 1. The highest BCUT2D eigenvalue weighted by Gasteiger charge is 2.36. The van der Waals surface area contributed by atoms with Crippen molar-refractivity contribution < 1.29 is 37.8 Å². The lowest BCUT2D eigenvalue weighted by atomic mass is 10.2. The number of halogens is 1. The van der Waals surface area contributed by atoms with Gasteiger partial charge in [0.25, 0.3) is 17.1 Å². The summed E-state index contributed by atoms with van der Waals surface area (Å²) >= 11 is 2.84. The van der Waals surface area contributed by atoms with Crippen molar-refractivity contribution in [3.63, 3.8) is 0 Å². The van der Waals surface area contributed by atoms with Gasteiger partial charge in [-0.05, 0) is 89.3 Å². The van der Waals surface area contributed by atoms with Crippen LogP contribution in [0.5, 0.6) is 11.5 Å². The topological polar surface area (TPSA) is 124 Å². The molecular formula is C27H23IN2O8S. The van der Waals surface area contributed by atoms with Gasteiger partial charge < -0.3 is 23.9 Å². The van der Waals surface area contributed by atoms with Gasteiger partial charge in [0.2, 0.25) is 5.76 Å². The monoisotopic (exact) mass is 662 g/mol. The summed E-state index contributed by atoms with van der Waals surface area (Å²) in [5.41, 5.74) is 2.35. The molecule has 0 unspecified atom stereocenters. The van der Waals surface area contributed by atoms with Crippen molar-refractivity contribution in [3.8, 4) is 11.5 Å². The van der Waals surface area contributed by atoms with Gasteiger partial charge in [-0.3, -0.25) is 19.3 Å². The molecule has 4 rings (SSSR count). The van der Waals surface area contributed by atoms with Crippen LogP contribution in [-0.2, 0) is 20.9 Å². The number of hydrogen-bond donors (Lipinski definition) is 1. The van der Waals surface area contributed by atoms with Gasteiger partial charge >= 0.3 is 5.97 Å². The Morgan fingerprint density at radius 1 is 1.10 bits per heavy atom. The zero-order valence-corrected chi connectivity index (χ0v) is 24.1. The molecule has 1 saturated heterocycles. The van der Waals surface area contributed by atoms with Crippen molar-refractivity contribution in [2.45, 2.75) is 13.5 Å². The summed E-state index contributed by atoms with van der Waals surface area (Å²) in [5.74, 6) is -0.497. The third-order valence-corrected chi connectivity index (χ3v) is 7.18. The molecule has 0 atom stereocenters. The van der Waals surface area contributed by atoms with Gasteiger partial charge in [-0.15, -0.1) is 0 Å². The third kappa shape index (κ3) is 6.81. The first kappa shape index (κ1) is 28.2. The highest BCUT2D eigenvalue weighted by Crippen LogP contribution is 2.37. The molecule has 10 nitrogen and oxygen atoms in total. The van der Waals surface area contributed by atoms with Gasteiger partial charge in [0, 0.05) is 5.69 Å². The zero-order chi connectivity index (χ0) is 28.1. The van der Waals surface area contributed by atoms with Crippen LogP contribution in [-0.4, -0.2) is 48.7 Å². The second-order valence-corrected chi connectivity index (χ2v) is 10.4. The summed E-state index contributed by atoms with van der Waals surface area (Å²) in [6.45, 7) is 1.60. The van der Waals surface area contributed by atoms with Crippen molar-refractivity contribution in [2.24, 2.45) is 0 Å². The van der Waals surface area contributed by atoms with Crippen molar-refractivity contribution >= 4 is 69.1 Å². The maximum atomic E-state index is 13.0. The van der Waals surface area contributed by atoms with Crippen LogP contribution in [0, 0.1) is 10.5 Å². The molecule has 1 N–H and O–H groups in total. The largest absolute Gasteiger partial charge is 0.493 e. The summed E-state index contributed by atoms with van der Waals surface area (Å²) in [6, 6.07) is 13.7. The first-order chi connectivity index (χ1) is 18.7. The Kier molecular flexibility index (Phi) is 8.97. The van der Waals surface area contributed by atoms with Crippen LogP contribution in [0.4, 0.5) is 10.5 Å². The minimum Gasteiger partial charge on any atom is -0.493 e. The number of nitrogens with zero attached hydrogens (tertiary/aromatic N) is 1. The molecule has 2 aromatic carbocycles. The average Bonchev–Trinajstić information content (AvgIpc) is 3.49. The molecule has 1 aliphatic heterocycles. The number of carbonyl (C=O) groups excluding carboxylic acids is 4. The van der Waals surface area contributed by atoms with Crippen molar-refractivity contribution in [1.29, 1.82) is 0 Å². The van der Waals surface area contributed by atoms with Crippen LogP contribution in [0.25, 0.3) is 6.08 Å². The molecule has 0 saturated carbocycles. The molecule has 1 aromatic heterocycles. The predicted molar refractivity (Wildman–Crippen MR) is 153 cm³/mol. The van der Waals surface area contributed by atoms with Crippen molar-refractivity contribution in [1.82, 2.24) is 4.90 Å². The normalized spacial score (nSPS) is 14.1. The van der Waals surface area contributed by atoms with Gasteiger partial charge in [-0.25, -0.2) is 4.79 Å². The van der Waals surface area contributed by atoms with Gasteiger partial charge in [-0.1, -0.05) is 17.7 Å². The first-order valence-electron chi connectivity index (χ1n) is 11.5. The summed E-state index contributed by atoms with van der Waals surface area (Å²) in [6.07, 6.45) is 1.57. The Morgan fingerprint density at radius 3 is 2.54 bits per heavy atom. The number of benzene rings is 2. The number of anilines is 1. The molecular weight excluding hydrogens is 639 g/mol. The van der Waals surface area contributed by atoms with Crippen LogP contribution in [0.3, 0.4) is 0 Å². The van der Waals surface area contributed by atoms with E-state index in [0.29, 0.717) is 26.3 Å². The number of methoxy groups -OCH3 is 2. The summed E-state index contributed by atoms with van der Waals surface area (Å²) < 4.78 is 21.8. The van der Waals surface area contributed by atoms with Crippen LogP contribution in [0.1, 0.15) is 27.4 Å². The number of carbonyl (C=O) groups is 4. The number of ether oxygens (including phenoxy) is 3. The Bertz CT molecular complexity index is 1460. The number of thioether (sulfide) groups is 1. The van der Waals surface area contributed by atoms with Gasteiger partial charge in [0.1, 0.15) is 5.76 Å². The van der Waals surface area contributed by atoms with Gasteiger partial charge in [0.05, 0.1) is 29.2 Å². The summed E-state index contributed by atoms with van der Waals surface area (Å²) in [4.78, 5) is 50.7. The Hall–Kier alpha value is -3.78. The SMILES string of the molecule is COC(=O)c1ccc(CN2C(=O)S/C(=C/c3cc(I)c(OCC(=O)Nc4ccc(C)cc4)c(OC)c3)C2=O)o1. The highest BCUT2D eigenvalue weighted by molar-refractivity contribution is 14.1. The Balaban J connectivity index is 1.45. The maximum absolute atomic E-state index is 13.0. The number of esters is 1. The molecule has 202 valence electrons. The molecule has 12 heteroatoms. The molecule has 0 bridgehead atoms. The molecule has 1 aliphatic rings. The average molecular weight is 662 g/mol. The highest BCUT2D eigenvalue weighted by atomic mass is 127. The molecule has 0 aliphatic carbocycles. The minimum absolute atomic E-state index is 0.0216. The van der Waals surface area contributed by atoms with E-state index in [0.717, 1.165) is 22.2 Å². The molecule has 2 heterocycles. The van der Waals surface area contributed by atoms with E-state index in [-0.39, 0.29) is 35.5 Å². The number of nitrogens with one attached hydrogen (secondary N) is 1. The van der Waals surface area contributed by atoms with Gasteiger partial charge in [-0.2, -0.15) is 0 Å². The molecule has 1 fully saturated rings. The molecule has 3 amide bonds.